The van der Waals surface area contributed by atoms with Gasteiger partial charge in [0.25, 0.3) is 0 Å². The first-order valence-corrected chi connectivity index (χ1v) is 4.86. The van der Waals surface area contributed by atoms with Crippen molar-refractivity contribution in [3.05, 3.63) is 12.0 Å². The van der Waals surface area contributed by atoms with Gasteiger partial charge < -0.3 is 9.84 Å². The smallest absolute Gasteiger partial charge is 0.305 e. The number of hydrogen-bond acceptors (Lipinski definition) is 6. The molecule has 0 aromatic heterocycles. The topological polar surface area (TPSA) is 88.0 Å². The van der Waals surface area contributed by atoms with Crippen LogP contribution < -0.4 is 5.43 Å². The summed E-state index contributed by atoms with van der Waals surface area (Å²) in [5.41, 5.74) is 2.39. The van der Waals surface area contributed by atoms with Crippen LogP contribution in [-0.4, -0.2) is 30.2 Å². The molecule has 0 atom stereocenters. The molecular weight excluding hydrogens is 212 g/mol. The van der Waals surface area contributed by atoms with Gasteiger partial charge in [-0.15, -0.1) is 0 Å². The van der Waals surface area contributed by atoms with Gasteiger partial charge in [0.1, 0.15) is 5.76 Å². The Hall–Kier alpha value is -1.85. The predicted octanol–water partition coefficient (Wildman–Crippen LogP) is 0.893. The highest BCUT2D eigenvalue weighted by Gasteiger charge is 2.03. The van der Waals surface area contributed by atoms with E-state index in [0.29, 0.717) is 6.42 Å². The molecule has 0 spiro atoms. The number of rotatable bonds is 7. The molecule has 0 amide bonds. The Bertz CT molecular complexity index is 297. The van der Waals surface area contributed by atoms with Crippen LogP contribution in [0.4, 0.5) is 0 Å². The Labute approximate surface area is 94.0 Å². The fourth-order valence-corrected chi connectivity index (χ4v) is 0.715. The second kappa shape index (κ2) is 8.46. The third-order valence-electron chi connectivity index (χ3n) is 1.68. The van der Waals surface area contributed by atoms with Gasteiger partial charge in [-0.1, -0.05) is 6.92 Å². The van der Waals surface area contributed by atoms with Gasteiger partial charge in [0.05, 0.1) is 25.9 Å². The molecule has 0 aromatic carbocycles. The van der Waals surface area contributed by atoms with Crippen molar-refractivity contribution in [1.29, 1.82) is 0 Å². The summed E-state index contributed by atoms with van der Waals surface area (Å²) in [5.74, 6) is -0.584. The van der Waals surface area contributed by atoms with Crippen LogP contribution in [0.25, 0.3) is 0 Å². The van der Waals surface area contributed by atoms with Gasteiger partial charge in [0, 0.05) is 12.8 Å². The summed E-state index contributed by atoms with van der Waals surface area (Å²) in [7, 11) is 1.26. The fraction of sp³-hybridized carbons (Fsp3) is 0.500. The molecule has 90 valence electrons. The fourth-order valence-electron chi connectivity index (χ4n) is 0.715. The van der Waals surface area contributed by atoms with Gasteiger partial charge in [-0.2, -0.15) is 5.10 Å². The van der Waals surface area contributed by atoms with Gasteiger partial charge in [0.15, 0.2) is 5.78 Å². The van der Waals surface area contributed by atoms with Crippen LogP contribution in [0.2, 0.25) is 0 Å². The third-order valence-corrected chi connectivity index (χ3v) is 1.68. The number of aliphatic hydroxyl groups is 1. The van der Waals surface area contributed by atoms with E-state index in [1.807, 2.05) is 0 Å². The number of hydrogen-bond donors (Lipinski definition) is 2. The average molecular weight is 228 g/mol. The second-order valence-corrected chi connectivity index (χ2v) is 2.92. The average Bonchev–Trinajstić information content (AvgIpc) is 2.31. The van der Waals surface area contributed by atoms with E-state index < -0.39 is 5.97 Å². The van der Waals surface area contributed by atoms with E-state index in [0.717, 1.165) is 6.21 Å². The lowest BCUT2D eigenvalue weighted by atomic mass is 10.2. The van der Waals surface area contributed by atoms with Gasteiger partial charge in [0.2, 0.25) is 0 Å². The van der Waals surface area contributed by atoms with Crippen molar-refractivity contribution < 1.29 is 19.4 Å². The van der Waals surface area contributed by atoms with Crippen LogP contribution in [0.3, 0.4) is 0 Å². The Morgan fingerprint density at radius 2 is 2.12 bits per heavy atom. The zero-order valence-corrected chi connectivity index (χ0v) is 9.40. The van der Waals surface area contributed by atoms with Gasteiger partial charge >= 0.3 is 5.97 Å². The Kier molecular flexibility index (Phi) is 7.48. The van der Waals surface area contributed by atoms with Crippen LogP contribution >= 0.6 is 0 Å². The molecule has 0 aromatic rings. The lowest BCUT2D eigenvalue weighted by Crippen LogP contribution is -2.08. The van der Waals surface area contributed by atoms with Gasteiger partial charge in [-0.25, -0.2) is 0 Å². The Morgan fingerprint density at radius 1 is 1.44 bits per heavy atom. The van der Waals surface area contributed by atoms with Crippen molar-refractivity contribution in [3.63, 3.8) is 0 Å². The van der Waals surface area contributed by atoms with E-state index in [-0.39, 0.29) is 24.4 Å². The molecule has 0 saturated heterocycles. The van der Waals surface area contributed by atoms with Crippen molar-refractivity contribution in [3.8, 4) is 0 Å². The van der Waals surface area contributed by atoms with Crippen molar-refractivity contribution >= 4 is 18.0 Å². The molecule has 6 nitrogen and oxygen atoms in total. The lowest BCUT2D eigenvalue weighted by Gasteiger charge is -1.96. The van der Waals surface area contributed by atoms with Gasteiger partial charge in [-0.05, 0) is 0 Å². The summed E-state index contributed by atoms with van der Waals surface area (Å²) >= 11 is 0. The minimum Gasteiger partial charge on any atom is -0.511 e. The minimum absolute atomic E-state index is 0.0391. The molecule has 0 radical (unpaired) electrons. The summed E-state index contributed by atoms with van der Waals surface area (Å²) in [6, 6.07) is 0. The molecule has 0 rings (SSSR count). The zero-order chi connectivity index (χ0) is 12.4. The van der Waals surface area contributed by atoms with Gasteiger partial charge in [-0.3, -0.25) is 15.0 Å². The Balaban J connectivity index is 3.79. The first kappa shape index (κ1) is 14.2. The number of esters is 1. The number of nitrogens with one attached hydrogen (secondary N) is 1. The largest absolute Gasteiger partial charge is 0.511 e. The monoisotopic (exact) mass is 228 g/mol. The van der Waals surface area contributed by atoms with E-state index in [1.165, 1.54) is 13.3 Å². The molecule has 0 bridgehead atoms. The summed E-state index contributed by atoms with van der Waals surface area (Å²) in [5, 5.41) is 12.6. The normalized spacial score (nSPS) is 11.5. The van der Waals surface area contributed by atoms with E-state index in [9.17, 15) is 9.59 Å². The predicted molar refractivity (Wildman–Crippen MR) is 58.9 cm³/mol. The van der Waals surface area contributed by atoms with Crippen molar-refractivity contribution in [2.24, 2.45) is 5.10 Å². The number of ketones is 1. The molecule has 0 aliphatic rings. The minimum atomic E-state index is -0.432. The molecule has 0 aliphatic heterocycles. The summed E-state index contributed by atoms with van der Waals surface area (Å²) in [6.45, 7) is 1.78. The maximum Gasteiger partial charge on any atom is 0.305 e. The molecular formula is C10H16N2O4. The maximum atomic E-state index is 11.1. The van der Waals surface area contributed by atoms with E-state index in [1.54, 1.807) is 6.92 Å². The number of Topliss-reactive ketones (excluding diaryl/α,β-unsaturated/α-hetero) is 1. The number of carbonyl (C=O) groups is 2. The van der Waals surface area contributed by atoms with E-state index in [4.69, 9.17) is 5.11 Å². The molecule has 16 heavy (non-hydrogen) atoms. The number of allylic oxidation sites excluding steroid dienone is 1. The summed E-state index contributed by atoms with van der Waals surface area (Å²) in [4.78, 5) is 21.8. The summed E-state index contributed by atoms with van der Waals surface area (Å²) in [6.07, 6.45) is 2.92. The molecule has 0 unspecified atom stereocenters. The number of methoxy groups -OCH3 is 1. The summed E-state index contributed by atoms with van der Waals surface area (Å²) < 4.78 is 4.38. The zero-order valence-electron chi connectivity index (χ0n) is 9.40. The molecule has 6 heteroatoms. The van der Waals surface area contributed by atoms with Crippen molar-refractivity contribution in [1.82, 2.24) is 5.43 Å². The van der Waals surface area contributed by atoms with E-state index in [2.05, 4.69) is 15.3 Å². The maximum absolute atomic E-state index is 11.1. The molecule has 2 N–H and O–H groups in total. The quantitative estimate of drug-likeness (QED) is 0.292. The highest BCUT2D eigenvalue weighted by atomic mass is 16.5. The van der Waals surface area contributed by atoms with Crippen molar-refractivity contribution in [2.45, 2.75) is 26.2 Å². The number of hydrazone groups is 1. The van der Waals surface area contributed by atoms with Crippen LogP contribution in [0.1, 0.15) is 26.2 Å². The van der Waals surface area contributed by atoms with Crippen LogP contribution in [0.15, 0.2) is 17.1 Å². The molecule has 0 saturated carbocycles. The number of aliphatic hydroxyl groups excluding tert-OH is 1. The molecule has 0 fully saturated rings. The number of nitrogens with zero attached hydrogens (tertiary/aromatic N) is 1. The lowest BCUT2D eigenvalue weighted by molar-refractivity contribution is -0.141. The first-order chi connectivity index (χ1) is 7.60. The molecule has 0 heterocycles. The standard InChI is InChI=1S/C10H16N2O4/c1-3-8(13)6-11-12-7-9(14)4-5-10(15)16-2/h6-7,11,13H,3-5H2,1-2H3. The first-order valence-electron chi connectivity index (χ1n) is 4.86. The number of carbonyl (C=O) groups excluding carboxylic acids is 2. The van der Waals surface area contributed by atoms with Crippen molar-refractivity contribution in [2.75, 3.05) is 7.11 Å². The highest BCUT2D eigenvalue weighted by Crippen LogP contribution is 1.92. The molecule has 0 aliphatic carbocycles. The van der Waals surface area contributed by atoms with E-state index >= 15 is 0 Å². The number of ether oxygens (including phenoxy) is 1. The van der Waals surface area contributed by atoms with Crippen LogP contribution in [-0.2, 0) is 14.3 Å². The van der Waals surface area contributed by atoms with Crippen LogP contribution in [0, 0.1) is 0 Å². The van der Waals surface area contributed by atoms with Crippen LogP contribution in [0.5, 0.6) is 0 Å². The third kappa shape index (κ3) is 7.54. The SMILES string of the molecule is CCC(O)=CNN=CC(=O)CCC(=O)OC. The Morgan fingerprint density at radius 3 is 2.69 bits per heavy atom. The highest BCUT2D eigenvalue weighted by molar-refractivity contribution is 6.27. The second-order valence-electron chi connectivity index (χ2n) is 2.92.